The first-order chi connectivity index (χ1) is 8.74. The van der Waals surface area contributed by atoms with E-state index in [1.807, 2.05) is 0 Å². The zero-order chi connectivity index (χ0) is 13.0. The Balaban J connectivity index is 1.98. The number of rotatable bonds is 4. The Morgan fingerprint density at radius 1 is 1.56 bits per heavy atom. The molecule has 1 aromatic heterocycles. The summed E-state index contributed by atoms with van der Waals surface area (Å²) in [6.07, 6.45) is 4.75. The molecule has 2 rings (SSSR count). The van der Waals surface area contributed by atoms with Crippen molar-refractivity contribution < 1.29 is 9.90 Å². The summed E-state index contributed by atoms with van der Waals surface area (Å²) >= 11 is 0. The van der Waals surface area contributed by atoms with E-state index in [1.54, 1.807) is 18.1 Å². The van der Waals surface area contributed by atoms with Crippen LogP contribution in [-0.4, -0.2) is 52.6 Å². The summed E-state index contributed by atoms with van der Waals surface area (Å²) in [5.41, 5.74) is 0.374. The van der Waals surface area contributed by atoms with Crippen molar-refractivity contribution in [1.82, 2.24) is 14.9 Å². The Kier molecular flexibility index (Phi) is 4.09. The van der Waals surface area contributed by atoms with Gasteiger partial charge in [-0.2, -0.15) is 0 Å². The van der Waals surface area contributed by atoms with Crippen LogP contribution >= 0.6 is 0 Å². The summed E-state index contributed by atoms with van der Waals surface area (Å²) in [6.45, 7) is 1.62. The van der Waals surface area contributed by atoms with Gasteiger partial charge in [0.15, 0.2) is 0 Å². The molecular weight excluding hydrogens is 232 g/mol. The second-order valence-corrected chi connectivity index (χ2v) is 4.46. The van der Waals surface area contributed by atoms with Crippen LogP contribution in [0.1, 0.15) is 23.3 Å². The number of nitrogens with one attached hydrogen (secondary N) is 1. The maximum Gasteiger partial charge on any atom is 0.274 e. The van der Waals surface area contributed by atoms with Gasteiger partial charge < -0.3 is 15.3 Å². The Morgan fingerprint density at radius 3 is 3.00 bits per heavy atom. The molecule has 1 amide bonds. The van der Waals surface area contributed by atoms with E-state index in [0.29, 0.717) is 24.0 Å². The van der Waals surface area contributed by atoms with Crippen molar-refractivity contribution in [3.8, 4) is 0 Å². The maximum absolute atomic E-state index is 12.1. The molecule has 2 heterocycles. The normalized spacial score (nSPS) is 19.0. The van der Waals surface area contributed by atoms with Gasteiger partial charge >= 0.3 is 0 Å². The van der Waals surface area contributed by atoms with E-state index < -0.39 is 0 Å². The highest BCUT2D eigenvalue weighted by atomic mass is 16.3. The van der Waals surface area contributed by atoms with Crippen LogP contribution in [0.25, 0.3) is 0 Å². The van der Waals surface area contributed by atoms with Gasteiger partial charge in [0.2, 0.25) is 0 Å². The molecular formula is C12H18N4O2. The van der Waals surface area contributed by atoms with Gasteiger partial charge in [-0.1, -0.05) is 0 Å². The minimum Gasteiger partial charge on any atom is -0.396 e. The van der Waals surface area contributed by atoms with Gasteiger partial charge in [0.05, 0.1) is 12.4 Å². The molecule has 0 saturated carbocycles. The molecule has 2 N–H and O–H groups in total. The van der Waals surface area contributed by atoms with Crippen molar-refractivity contribution >= 4 is 11.7 Å². The van der Waals surface area contributed by atoms with Crippen LogP contribution in [0.3, 0.4) is 0 Å². The average Bonchev–Trinajstić information content (AvgIpc) is 2.87. The fourth-order valence-corrected chi connectivity index (χ4v) is 2.16. The molecule has 0 bridgehead atoms. The molecule has 0 aliphatic carbocycles. The highest BCUT2D eigenvalue weighted by Gasteiger charge is 2.27. The number of hydrogen-bond donors (Lipinski definition) is 2. The maximum atomic E-state index is 12.1. The van der Waals surface area contributed by atoms with E-state index in [4.69, 9.17) is 5.11 Å². The summed E-state index contributed by atoms with van der Waals surface area (Å²) in [6, 6.07) is 0. The second kappa shape index (κ2) is 5.77. The minimum absolute atomic E-state index is 0.0782. The van der Waals surface area contributed by atoms with Gasteiger partial charge in [0, 0.05) is 26.7 Å². The fraction of sp³-hybridized carbons (Fsp3) is 0.583. The first-order valence-electron chi connectivity index (χ1n) is 6.14. The Labute approximate surface area is 106 Å². The predicted octanol–water partition coefficient (Wildman–Crippen LogP) is 0.363. The van der Waals surface area contributed by atoms with Crippen LogP contribution in [0.4, 0.5) is 5.82 Å². The van der Waals surface area contributed by atoms with E-state index in [0.717, 1.165) is 19.4 Å². The third kappa shape index (κ3) is 2.76. The molecule has 6 heteroatoms. The van der Waals surface area contributed by atoms with Gasteiger partial charge in [-0.05, 0) is 18.8 Å². The van der Waals surface area contributed by atoms with Gasteiger partial charge in [-0.3, -0.25) is 4.79 Å². The predicted molar refractivity (Wildman–Crippen MR) is 67.3 cm³/mol. The zero-order valence-corrected chi connectivity index (χ0v) is 10.5. The Bertz CT molecular complexity index is 407. The van der Waals surface area contributed by atoms with Crippen molar-refractivity contribution in [1.29, 1.82) is 0 Å². The van der Waals surface area contributed by atoms with Crippen LogP contribution < -0.4 is 5.32 Å². The molecule has 1 aromatic rings. The largest absolute Gasteiger partial charge is 0.396 e. The van der Waals surface area contributed by atoms with Gasteiger partial charge in [-0.25, -0.2) is 9.97 Å². The minimum atomic E-state index is -0.0782. The molecule has 1 saturated heterocycles. The number of amides is 1. The lowest BCUT2D eigenvalue weighted by Gasteiger charge is -2.15. The van der Waals surface area contributed by atoms with Crippen LogP contribution in [0, 0.1) is 5.92 Å². The summed E-state index contributed by atoms with van der Waals surface area (Å²) in [7, 11) is 1.76. The number of anilines is 1. The van der Waals surface area contributed by atoms with E-state index in [9.17, 15) is 4.79 Å². The molecule has 0 radical (unpaired) electrons. The molecule has 98 valence electrons. The number of carbonyl (C=O) groups is 1. The number of likely N-dealkylation sites (tertiary alicyclic amines) is 1. The standard InChI is InChI=1S/C12H18N4O2/c1-13-11-7-14-10(6-15-11)12(18)16-4-2-9(8-16)3-5-17/h6-7,9,17H,2-5,8H2,1H3,(H,13,15). The molecule has 1 aliphatic rings. The average molecular weight is 250 g/mol. The number of aromatic nitrogens is 2. The second-order valence-electron chi connectivity index (χ2n) is 4.46. The first kappa shape index (κ1) is 12.8. The number of hydrogen-bond acceptors (Lipinski definition) is 5. The molecule has 18 heavy (non-hydrogen) atoms. The Hall–Kier alpha value is -1.69. The van der Waals surface area contributed by atoms with Crippen LogP contribution in [0.2, 0.25) is 0 Å². The van der Waals surface area contributed by atoms with Gasteiger partial charge in [0.1, 0.15) is 11.5 Å². The number of carbonyl (C=O) groups excluding carboxylic acids is 1. The monoisotopic (exact) mass is 250 g/mol. The molecule has 1 atom stereocenters. The van der Waals surface area contributed by atoms with Crippen LogP contribution in [0.15, 0.2) is 12.4 Å². The lowest BCUT2D eigenvalue weighted by atomic mass is 10.1. The smallest absolute Gasteiger partial charge is 0.274 e. The quantitative estimate of drug-likeness (QED) is 0.807. The topological polar surface area (TPSA) is 78.4 Å². The van der Waals surface area contributed by atoms with Gasteiger partial charge in [-0.15, -0.1) is 0 Å². The van der Waals surface area contributed by atoms with Crippen molar-refractivity contribution in [2.24, 2.45) is 5.92 Å². The molecule has 1 unspecified atom stereocenters. The van der Waals surface area contributed by atoms with E-state index in [1.165, 1.54) is 6.20 Å². The van der Waals surface area contributed by atoms with Gasteiger partial charge in [0.25, 0.3) is 5.91 Å². The van der Waals surface area contributed by atoms with Crippen molar-refractivity contribution in [3.63, 3.8) is 0 Å². The fourth-order valence-electron chi connectivity index (χ4n) is 2.16. The number of aliphatic hydroxyl groups is 1. The van der Waals surface area contributed by atoms with E-state index >= 15 is 0 Å². The molecule has 6 nitrogen and oxygen atoms in total. The summed E-state index contributed by atoms with van der Waals surface area (Å²) < 4.78 is 0. The van der Waals surface area contributed by atoms with E-state index in [-0.39, 0.29) is 12.5 Å². The van der Waals surface area contributed by atoms with Crippen molar-refractivity contribution in [2.75, 3.05) is 32.1 Å². The summed E-state index contributed by atoms with van der Waals surface area (Å²) in [5, 5.41) is 11.8. The number of nitrogens with zero attached hydrogens (tertiary/aromatic N) is 3. The highest BCUT2D eigenvalue weighted by Crippen LogP contribution is 2.20. The zero-order valence-electron chi connectivity index (χ0n) is 10.5. The molecule has 0 spiro atoms. The lowest BCUT2D eigenvalue weighted by molar-refractivity contribution is 0.0778. The van der Waals surface area contributed by atoms with E-state index in [2.05, 4.69) is 15.3 Å². The lowest BCUT2D eigenvalue weighted by Crippen LogP contribution is -2.29. The van der Waals surface area contributed by atoms with Crippen molar-refractivity contribution in [3.05, 3.63) is 18.1 Å². The van der Waals surface area contributed by atoms with Crippen LogP contribution in [0.5, 0.6) is 0 Å². The van der Waals surface area contributed by atoms with Crippen molar-refractivity contribution in [2.45, 2.75) is 12.8 Å². The summed E-state index contributed by atoms with van der Waals surface area (Å²) in [4.78, 5) is 22.1. The third-order valence-electron chi connectivity index (χ3n) is 3.24. The van der Waals surface area contributed by atoms with Crippen LogP contribution in [-0.2, 0) is 0 Å². The Morgan fingerprint density at radius 2 is 2.39 bits per heavy atom. The third-order valence-corrected chi connectivity index (χ3v) is 3.24. The SMILES string of the molecule is CNc1cnc(C(=O)N2CCC(CCO)C2)cn1. The first-order valence-corrected chi connectivity index (χ1v) is 6.14. The summed E-state index contributed by atoms with van der Waals surface area (Å²) in [5.74, 6) is 0.972. The molecule has 1 fully saturated rings. The molecule has 0 aromatic carbocycles. The highest BCUT2D eigenvalue weighted by molar-refractivity contribution is 5.92. The molecule has 1 aliphatic heterocycles. The number of aliphatic hydroxyl groups excluding tert-OH is 1.